The molecule has 0 aromatic heterocycles. The van der Waals surface area contributed by atoms with E-state index in [4.69, 9.17) is 16.3 Å². The lowest BCUT2D eigenvalue weighted by Gasteiger charge is -2.36. The van der Waals surface area contributed by atoms with Crippen LogP contribution in [0.3, 0.4) is 0 Å². The topological polar surface area (TPSA) is 91.0 Å². The van der Waals surface area contributed by atoms with E-state index in [1.165, 1.54) is 4.31 Å². The number of hydrogen-bond acceptors (Lipinski definition) is 7. The summed E-state index contributed by atoms with van der Waals surface area (Å²) in [5, 5.41) is -0.182. The number of hydrazine groups is 1. The molecule has 2 heterocycles. The number of halogens is 1. The number of carbonyl (C=O) groups is 1. The average Bonchev–Trinajstić information content (AvgIpc) is 3.13. The highest BCUT2D eigenvalue weighted by atomic mass is 35.5. The highest BCUT2D eigenvalue weighted by Gasteiger charge is 2.41. The number of esters is 1. The van der Waals surface area contributed by atoms with Gasteiger partial charge in [-0.05, 0) is 25.1 Å². The number of benzene rings is 1. The van der Waals surface area contributed by atoms with E-state index >= 15 is 0 Å². The van der Waals surface area contributed by atoms with Crippen molar-refractivity contribution < 1.29 is 17.9 Å². The molecule has 0 aliphatic carbocycles. The normalized spacial score (nSPS) is 24.6. The van der Waals surface area contributed by atoms with Crippen molar-refractivity contribution in [2.45, 2.75) is 24.8 Å². The summed E-state index contributed by atoms with van der Waals surface area (Å²) in [6.45, 7) is 3.92. The highest BCUT2D eigenvalue weighted by molar-refractivity contribution is 7.89. The Balaban J connectivity index is 1.59. The number of hydrogen-bond donors (Lipinski definition) is 2. The largest absolute Gasteiger partial charge is 0.465 e. The molecular formula is C16H23ClN4O4S. The molecule has 0 bridgehead atoms. The molecule has 0 radical (unpaired) electrons. The number of carbonyl (C=O) groups excluding carboxylic acids is 1. The first-order chi connectivity index (χ1) is 12.4. The molecule has 2 aliphatic rings. The van der Waals surface area contributed by atoms with Gasteiger partial charge in [0.05, 0.1) is 6.61 Å². The number of anilines is 1. The highest BCUT2D eigenvalue weighted by Crippen LogP contribution is 2.23. The second-order valence-corrected chi connectivity index (χ2v) is 8.78. The Labute approximate surface area is 158 Å². The molecule has 8 nitrogen and oxygen atoms in total. The van der Waals surface area contributed by atoms with Crippen LogP contribution in [-0.2, 0) is 19.6 Å². The van der Waals surface area contributed by atoms with Crippen molar-refractivity contribution in [2.75, 3.05) is 37.7 Å². The lowest BCUT2D eigenvalue weighted by atomic mass is 10.2. The van der Waals surface area contributed by atoms with Crippen LogP contribution in [0.2, 0.25) is 5.02 Å². The minimum Gasteiger partial charge on any atom is -0.465 e. The maximum Gasteiger partial charge on any atom is 0.324 e. The zero-order valence-electron chi connectivity index (χ0n) is 14.5. The van der Waals surface area contributed by atoms with E-state index in [0.29, 0.717) is 31.2 Å². The van der Waals surface area contributed by atoms with Crippen LogP contribution in [0.4, 0.5) is 5.69 Å². The summed E-state index contributed by atoms with van der Waals surface area (Å²) < 4.78 is 32.1. The van der Waals surface area contributed by atoms with Crippen LogP contribution in [-0.4, -0.2) is 62.9 Å². The fraction of sp³-hybridized carbons (Fsp3) is 0.562. The maximum absolute atomic E-state index is 12.8. The second-order valence-electron chi connectivity index (χ2n) is 6.23. The van der Waals surface area contributed by atoms with Crippen LogP contribution in [0.1, 0.15) is 13.3 Å². The molecule has 2 N–H and O–H groups in total. The van der Waals surface area contributed by atoms with Gasteiger partial charge in [-0.3, -0.25) is 4.79 Å². The molecule has 2 fully saturated rings. The zero-order chi connectivity index (χ0) is 18.7. The summed E-state index contributed by atoms with van der Waals surface area (Å²) in [6.07, 6.45) is 0.148. The standard InChI is InChI=1S/C16H23ClN4O4S/c1-2-25-16(22)14-11-15(19-18-14)26(23,24)21-8-6-20(7-9-21)13-5-3-4-12(17)10-13/h3-5,10,14-15,18-19H,2,6-9,11H2,1H3. The third kappa shape index (κ3) is 4.12. The van der Waals surface area contributed by atoms with E-state index in [0.717, 1.165) is 5.69 Å². The van der Waals surface area contributed by atoms with Gasteiger partial charge >= 0.3 is 5.97 Å². The van der Waals surface area contributed by atoms with Crippen molar-refractivity contribution in [3.8, 4) is 0 Å². The lowest BCUT2D eigenvalue weighted by Crippen LogP contribution is -2.53. The second kappa shape index (κ2) is 8.10. The Morgan fingerprint density at radius 3 is 2.65 bits per heavy atom. The molecule has 1 aromatic rings. The van der Waals surface area contributed by atoms with Crippen molar-refractivity contribution >= 4 is 33.3 Å². The van der Waals surface area contributed by atoms with E-state index < -0.39 is 27.4 Å². The molecule has 2 aliphatic heterocycles. The summed E-state index contributed by atoms with van der Waals surface area (Å²) >= 11 is 6.03. The van der Waals surface area contributed by atoms with Crippen LogP contribution in [0.25, 0.3) is 0 Å². The minimum absolute atomic E-state index is 0.148. The molecule has 26 heavy (non-hydrogen) atoms. The van der Waals surface area contributed by atoms with Crippen LogP contribution < -0.4 is 15.8 Å². The van der Waals surface area contributed by atoms with Gasteiger partial charge in [0.15, 0.2) is 0 Å². The van der Waals surface area contributed by atoms with Crippen LogP contribution in [0, 0.1) is 0 Å². The number of sulfonamides is 1. The lowest BCUT2D eigenvalue weighted by molar-refractivity contribution is -0.145. The van der Waals surface area contributed by atoms with Gasteiger partial charge in [0.1, 0.15) is 11.4 Å². The van der Waals surface area contributed by atoms with Crippen molar-refractivity contribution in [1.29, 1.82) is 0 Å². The Morgan fingerprint density at radius 2 is 2.00 bits per heavy atom. The molecule has 1 aromatic carbocycles. The Morgan fingerprint density at radius 1 is 1.27 bits per heavy atom. The Hall–Kier alpha value is -1.39. The molecular weight excluding hydrogens is 380 g/mol. The Kier molecular flexibility index (Phi) is 6.03. The van der Waals surface area contributed by atoms with Crippen molar-refractivity contribution in [3.63, 3.8) is 0 Å². The van der Waals surface area contributed by atoms with Crippen molar-refractivity contribution in [2.24, 2.45) is 0 Å². The molecule has 2 unspecified atom stereocenters. The quantitative estimate of drug-likeness (QED) is 0.695. The number of ether oxygens (including phenoxy) is 1. The maximum atomic E-state index is 12.8. The summed E-state index contributed by atoms with van der Waals surface area (Å²) in [5.41, 5.74) is 6.43. The van der Waals surface area contributed by atoms with E-state index in [1.807, 2.05) is 24.3 Å². The molecule has 144 valence electrons. The first-order valence-corrected chi connectivity index (χ1v) is 10.5. The average molecular weight is 403 g/mol. The third-order valence-corrected chi connectivity index (χ3v) is 6.92. The fourth-order valence-corrected chi connectivity index (χ4v) is 5.04. The summed E-state index contributed by atoms with van der Waals surface area (Å²) in [4.78, 5) is 13.9. The number of piperazine rings is 1. The number of nitrogens with one attached hydrogen (secondary N) is 2. The van der Waals surface area contributed by atoms with E-state index in [9.17, 15) is 13.2 Å². The molecule has 2 atom stereocenters. The zero-order valence-corrected chi connectivity index (χ0v) is 16.1. The van der Waals surface area contributed by atoms with Gasteiger partial charge < -0.3 is 9.64 Å². The molecule has 0 spiro atoms. The monoisotopic (exact) mass is 402 g/mol. The van der Waals surface area contributed by atoms with Gasteiger partial charge in [0, 0.05) is 43.3 Å². The van der Waals surface area contributed by atoms with Gasteiger partial charge in [-0.2, -0.15) is 4.31 Å². The van der Waals surface area contributed by atoms with Gasteiger partial charge in [0.2, 0.25) is 10.0 Å². The van der Waals surface area contributed by atoms with Crippen LogP contribution in [0.5, 0.6) is 0 Å². The van der Waals surface area contributed by atoms with Crippen molar-refractivity contribution in [3.05, 3.63) is 29.3 Å². The number of nitrogens with zero attached hydrogens (tertiary/aromatic N) is 2. The van der Waals surface area contributed by atoms with E-state index in [-0.39, 0.29) is 13.0 Å². The molecule has 2 saturated heterocycles. The van der Waals surface area contributed by atoms with Gasteiger partial charge in [-0.15, -0.1) is 0 Å². The molecule has 3 rings (SSSR count). The molecule has 10 heteroatoms. The van der Waals surface area contributed by atoms with E-state index in [2.05, 4.69) is 15.8 Å². The SMILES string of the molecule is CCOC(=O)C1CC(S(=O)(=O)N2CCN(c3cccc(Cl)c3)CC2)NN1. The predicted molar refractivity (Wildman–Crippen MR) is 99.3 cm³/mol. The van der Waals surface area contributed by atoms with Gasteiger partial charge in [-0.25, -0.2) is 19.3 Å². The molecule has 0 amide bonds. The third-order valence-electron chi connectivity index (χ3n) is 4.57. The predicted octanol–water partition coefficient (Wildman–Crippen LogP) is 0.548. The summed E-state index contributed by atoms with van der Waals surface area (Å²) in [6, 6.07) is 6.87. The summed E-state index contributed by atoms with van der Waals surface area (Å²) in [5.74, 6) is -0.441. The molecule has 0 saturated carbocycles. The van der Waals surface area contributed by atoms with Crippen LogP contribution in [0.15, 0.2) is 24.3 Å². The van der Waals surface area contributed by atoms with E-state index in [1.54, 1.807) is 6.92 Å². The van der Waals surface area contributed by atoms with Crippen molar-refractivity contribution in [1.82, 2.24) is 15.2 Å². The van der Waals surface area contributed by atoms with Gasteiger partial charge in [-0.1, -0.05) is 17.7 Å². The Bertz CT molecular complexity index is 752. The minimum atomic E-state index is -3.56. The summed E-state index contributed by atoms with van der Waals surface area (Å²) in [7, 11) is -3.56. The number of rotatable bonds is 5. The first-order valence-electron chi connectivity index (χ1n) is 8.59. The first kappa shape index (κ1) is 19.4. The fourth-order valence-electron chi connectivity index (χ4n) is 3.17. The van der Waals surface area contributed by atoms with Crippen LogP contribution >= 0.6 is 11.6 Å². The van der Waals surface area contributed by atoms with Gasteiger partial charge in [0.25, 0.3) is 0 Å². The smallest absolute Gasteiger partial charge is 0.324 e.